The molecule has 0 bridgehead atoms. The predicted molar refractivity (Wildman–Crippen MR) is 493 cm³/mol. The van der Waals surface area contributed by atoms with Crippen LogP contribution in [0.5, 0.6) is 0 Å². The monoisotopic (exact) mass is 1780 g/mol. The van der Waals surface area contributed by atoms with Gasteiger partial charge in [0.1, 0.15) is 97.3 Å². The number of benzene rings is 6. The van der Waals surface area contributed by atoms with Gasteiger partial charge < -0.3 is 63.7 Å². The van der Waals surface area contributed by atoms with E-state index in [1.165, 1.54) is 42.2 Å². The molecule has 39 heteroatoms. The zero-order valence-electron chi connectivity index (χ0n) is 70.1. The Labute approximate surface area is 741 Å². The number of nitrogen functional groups attached to an aromatic ring is 3. The number of aromatic nitrogens is 6. The highest BCUT2D eigenvalue weighted by molar-refractivity contribution is 6.35. The number of nitrogens with one attached hydrogen (secondary N) is 8. The number of nitrogens with two attached hydrogens (primary N) is 4. The van der Waals surface area contributed by atoms with E-state index in [1.54, 1.807) is 74.4 Å². The molecule has 0 radical (unpaired) electrons. The number of carbonyl (C=O) groups excluding carboxylic acids is 3. The second-order valence-electron chi connectivity index (χ2n) is 29.3. The van der Waals surface area contributed by atoms with Crippen molar-refractivity contribution >= 4 is 139 Å². The Morgan fingerprint density at radius 1 is 0.333 bits per heavy atom. The lowest BCUT2D eigenvalue weighted by Gasteiger charge is -2.19. The van der Waals surface area contributed by atoms with Crippen molar-refractivity contribution in [2.24, 2.45) is 5.73 Å². The molecular weight excluding hydrogens is 1680 g/mol. The fraction of sp³-hybridized carbons (Fsp3) is 0.207. The molecule has 0 atom stereocenters. The number of carbonyl (C=O) groups is 3. The van der Waals surface area contributed by atoms with Gasteiger partial charge in [0, 0.05) is 75.7 Å². The number of nitrogens with zero attached hydrogens (tertiary/aromatic N) is 10. The molecule has 12 rings (SSSR count). The van der Waals surface area contributed by atoms with Gasteiger partial charge in [0.15, 0.2) is 0 Å². The largest absolute Gasteiger partial charge is 0.444 e. The number of anilines is 11. The van der Waals surface area contributed by atoms with Crippen molar-refractivity contribution in [1.29, 1.82) is 0 Å². The first-order valence-electron chi connectivity index (χ1n) is 38.2. The Morgan fingerprint density at radius 2 is 0.579 bits per heavy atom. The molecule has 0 aliphatic rings. The maximum Gasteiger partial charge on any atom is 0.413 e. The summed E-state index contributed by atoms with van der Waals surface area (Å²) in [5, 5.41) is 66.5. The summed E-state index contributed by atoms with van der Waals surface area (Å²) in [6, 6.07) is 67.4. The van der Waals surface area contributed by atoms with E-state index in [4.69, 9.17) is 71.9 Å². The lowest BCUT2D eigenvalue weighted by atomic mass is 10.2. The third-order valence-electron chi connectivity index (χ3n) is 15.7. The van der Waals surface area contributed by atoms with Crippen LogP contribution in [-0.2, 0) is 53.5 Å². The fourth-order valence-electron chi connectivity index (χ4n) is 9.98. The molecule has 0 saturated carbocycles. The van der Waals surface area contributed by atoms with Crippen molar-refractivity contribution in [3.63, 3.8) is 0 Å². The molecule has 6 heterocycles. The summed E-state index contributed by atoms with van der Waals surface area (Å²) in [7, 11) is 0. The van der Waals surface area contributed by atoms with Crippen molar-refractivity contribution in [1.82, 2.24) is 29.9 Å². The van der Waals surface area contributed by atoms with E-state index in [-0.39, 0.29) is 55.4 Å². The third-order valence-corrected chi connectivity index (χ3v) is 16.4. The van der Waals surface area contributed by atoms with Crippen molar-refractivity contribution in [3.8, 4) is 0 Å². The fourth-order valence-corrected chi connectivity index (χ4v) is 10.6. The number of pyridine rings is 6. The average molecular weight is 1780 g/mol. The number of ether oxygens (including phenoxy) is 3. The van der Waals surface area contributed by atoms with Crippen LogP contribution < -0.4 is 65.5 Å². The van der Waals surface area contributed by atoms with Gasteiger partial charge in [0.05, 0.1) is 54.8 Å². The van der Waals surface area contributed by atoms with Gasteiger partial charge in [-0.05, 0) is 95.7 Å². The lowest BCUT2D eigenvalue weighted by Crippen LogP contribution is -2.27. The van der Waals surface area contributed by atoms with Gasteiger partial charge in [-0.1, -0.05) is 217 Å². The number of amides is 3. The van der Waals surface area contributed by atoms with Crippen LogP contribution in [0.1, 0.15) is 95.7 Å². The Bertz CT molecular complexity index is 5280. The highest BCUT2D eigenvalue weighted by Gasteiger charge is 2.23. The Hall–Kier alpha value is -15.1. The number of rotatable bonds is 23. The summed E-state index contributed by atoms with van der Waals surface area (Å²) in [4.78, 5) is 99.2. The van der Waals surface area contributed by atoms with E-state index in [2.05, 4.69) is 72.4 Å². The van der Waals surface area contributed by atoms with Crippen LogP contribution >= 0.6 is 34.8 Å². The minimum Gasteiger partial charge on any atom is -0.444 e. The van der Waals surface area contributed by atoms with Crippen LogP contribution in [0.25, 0.3) is 0 Å². The number of halogens is 3. The highest BCUT2D eigenvalue weighted by atomic mass is 35.5. The van der Waals surface area contributed by atoms with Gasteiger partial charge in [-0.3, -0.25) is 56.4 Å². The molecule has 0 unspecified atom stereocenters. The van der Waals surface area contributed by atoms with Gasteiger partial charge in [0.25, 0.3) is 0 Å². The SMILES string of the molecule is CC(C)(C)OC(=O)Nc1cc(NCc2ccccc2)c(N)cn1.CC(C)(C)OC(=O)Nc1cc(NCc2ccccc2)c(N)cn1.CC(C)(C)OC(=O)Nc1cc(NCc2ccccc2)c([N+](=O)[O-])cn1.NCc1ccccc1.Nc1cc(NCc2ccccc2)c([N+](=O)[O-])cn1.O=[N+]([O-])c1cnc(Cl)cc1Cl.O=[N+]([O-])c1cnc(Cl)cc1NCc1ccccc1. The zero-order valence-corrected chi connectivity index (χ0v) is 72.4. The minimum absolute atomic E-state index is 0.00463. The van der Waals surface area contributed by atoms with Crippen LogP contribution in [0.4, 0.5) is 100 Å². The first-order valence-corrected chi connectivity index (χ1v) is 39.4. The lowest BCUT2D eigenvalue weighted by molar-refractivity contribution is -0.385. The van der Waals surface area contributed by atoms with Crippen molar-refractivity contribution < 1.29 is 48.3 Å². The van der Waals surface area contributed by atoms with Gasteiger partial charge in [-0.2, -0.15) is 0 Å². The Balaban J connectivity index is 0.000000232. The van der Waals surface area contributed by atoms with Gasteiger partial charge >= 0.3 is 41.0 Å². The highest BCUT2D eigenvalue weighted by Crippen LogP contribution is 2.31. The Kier molecular flexibility index (Phi) is 39.8. The molecule has 0 saturated heterocycles. The first kappa shape index (κ1) is 99.7. The van der Waals surface area contributed by atoms with Crippen LogP contribution in [0.15, 0.2) is 256 Å². The molecule has 0 spiro atoms. The topological polar surface area (TPSA) is 529 Å². The molecule has 0 aliphatic carbocycles. The molecule has 0 fully saturated rings. The van der Waals surface area contributed by atoms with Gasteiger partial charge in [-0.25, -0.2) is 44.3 Å². The maximum atomic E-state index is 11.8. The summed E-state index contributed by atoms with van der Waals surface area (Å²) in [6.07, 6.45) is 5.64. The number of hydrogen-bond donors (Lipinski definition) is 12. The van der Waals surface area contributed by atoms with Crippen molar-refractivity contribution in [3.05, 3.63) is 345 Å². The van der Waals surface area contributed by atoms with E-state index in [0.29, 0.717) is 85.0 Å². The first-order chi connectivity index (χ1) is 59.8. The molecule has 0 aliphatic heterocycles. The summed E-state index contributed by atoms with van der Waals surface area (Å²) < 4.78 is 15.5. The predicted octanol–water partition coefficient (Wildman–Crippen LogP) is 20.1. The number of nitro groups is 4. The van der Waals surface area contributed by atoms with E-state index in [9.17, 15) is 54.8 Å². The molecule has 12 aromatic rings. The molecule has 16 N–H and O–H groups in total. The standard InChI is InChI=1S/C17H20N4O4.2C17H22N4O2.C12H10ClN3O2.C12H12N4O2.C7H9N.C5H2Cl2N2O2/c1-17(2,3)25-16(22)20-15-9-13(14(11-19-15)21(23)24)18-10-12-7-5-4-6-8-12;2*1-17(2,3)23-16(22)21-15-9-14(13(18)11-20-15)19-10-12-7-5-4-6-8-12;2*13-12-6-10(11(8-15-12)16(17)18)14-7-9-4-2-1-3-5-9;8-6-7-4-2-1-3-5-7;6-3-1-5(7)8-2-4(3)9(10)11/h4-9,11H,10H2,1-3H3,(H2,18,19,20,22);2*4-9,11H,10,18H2,1-3H3,(H2,19,20,21,22);1-6,8H,7H2,(H,14,15);1-6,8H,7H2,(H3,13,14,15);1-5H,6,8H2;1-2H. The second kappa shape index (κ2) is 50.3. The molecular formula is C87H97Cl3N22O14. The Morgan fingerprint density at radius 3 is 0.865 bits per heavy atom. The summed E-state index contributed by atoms with van der Waals surface area (Å²) in [5.74, 6) is 1.17. The maximum absolute atomic E-state index is 11.8. The van der Waals surface area contributed by atoms with Crippen LogP contribution in [0.2, 0.25) is 15.3 Å². The van der Waals surface area contributed by atoms with Crippen molar-refractivity contribution in [2.45, 2.75) is 118 Å². The molecule has 3 amide bonds. The molecule has 6 aromatic heterocycles. The van der Waals surface area contributed by atoms with E-state index in [1.807, 2.05) is 182 Å². The molecule has 660 valence electrons. The third kappa shape index (κ3) is 38.7. The van der Waals surface area contributed by atoms with Crippen molar-refractivity contribution in [2.75, 3.05) is 59.7 Å². The summed E-state index contributed by atoms with van der Waals surface area (Å²) >= 11 is 16.6. The minimum atomic E-state index is -0.678. The van der Waals surface area contributed by atoms with E-state index in [0.717, 1.165) is 52.6 Å². The van der Waals surface area contributed by atoms with E-state index >= 15 is 0 Å². The summed E-state index contributed by atoms with van der Waals surface area (Å²) in [5.41, 5.74) is 30.2. The van der Waals surface area contributed by atoms with Crippen LogP contribution in [-0.4, -0.2) is 84.7 Å². The average Bonchev–Trinajstić information content (AvgIpc) is 0.850. The van der Waals surface area contributed by atoms with Gasteiger partial charge in [0.2, 0.25) is 0 Å². The summed E-state index contributed by atoms with van der Waals surface area (Å²) in [6.45, 7) is 19.3. The smallest absolute Gasteiger partial charge is 0.413 e. The second-order valence-corrected chi connectivity index (χ2v) is 30.5. The molecule has 6 aromatic carbocycles. The normalized spacial score (nSPS) is 10.4. The van der Waals surface area contributed by atoms with E-state index < -0.39 is 54.8 Å². The van der Waals surface area contributed by atoms with Crippen LogP contribution in [0, 0.1) is 40.5 Å². The van der Waals surface area contributed by atoms with Gasteiger partial charge in [-0.15, -0.1) is 0 Å². The zero-order chi connectivity index (χ0) is 92.4. The molecule has 126 heavy (non-hydrogen) atoms. The quantitative estimate of drug-likeness (QED) is 0.0122. The number of hydrogen-bond acceptors (Lipinski definition) is 29. The molecule has 36 nitrogen and oxygen atoms in total. The van der Waals surface area contributed by atoms with Crippen LogP contribution in [0.3, 0.4) is 0 Å².